The molecule has 0 aliphatic carbocycles. The predicted molar refractivity (Wildman–Crippen MR) is 65.5 cm³/mol. The van der Waals surface area contributed by atoms with E-state index in [4.69, 9.17) is 11.6 Å². The summed E-state index contributed by atoms with van der Waals surface area (Å²) in [6, 6.07) is 0. The lowest BCUT2D eigenvalue weighted by Crippen LogP contribution is -2.35. The molecule has 2 aliphatic rings. The molecular formula is C11H18ClNOS. The molecule has 2 saturated heterocycles. The molecule has 2 heterocycles. The maximum Gasteiger partial charge on any atom is 0.235 e. The van der Waals surface area contributed by atoms with Crippen LogP contribution in [0.3, 0.4) is 0 Å². The van der Waals surface area contributed by atoms with Crippen LogP contribution in [-0.4, -0.2) is 40.8 Å². The molecule has 86 valence electrons. The van der Waals surface area contributed by atoms with E-state index < -0.39 is 0 Å². The Hall–Kier alpha value is 0.110. The summed E-state index contributed by atoms with van der Waals surface area (Å²) in [5.41, 5.74) is 0. The van der Waals surface area contributed by atoms with Crippen molar-refractivity contribution in [1.29, 1.82) is 0 Å². The van der Waals surface area contributed by atoms with Crippen LogP contribution in [-0.2, 0) is 4.79 Å². The van der Waals surface area contributed by atoms with E-state index >= 15 is 0 Å². The fourth-order valence-corrected chi connectivity index (χ4v) is 3.95. The summed E-state index contributed by atoms with van der Waals surface area (Å²) in [5.74, 6) is 2.92. The first-order valence-corrected chi connectivity index (χ1v) is 7.36. The van der Waals surface area contributed by atoms with Gasteiger partial charge in [0.05, 0.1) is 5.25 Å². The SMILES string of the molecule is O=C(C1CCCS1)N1CCC(CCCl)C1. The van der Waals surface area contributed by atoms with Gasteiger partial charge in [0.1, 0.15) is 0 Å². The largest absolute Gasteiger partial charge is 0.341 e. The average Bonchev–Trinajstić information content (AvgIpc) is 2.87. The zero-order chi connectivity index (χ0) is 10.7. The third kappa shape index (κ3) is 2.82. The zero-order valence-corrected chi connectivity index (χ0v) is 10.5. The highest BCUT2D eigenvalue weighted by Gasteiger charge is 2.32. The second-order valence-electron chi connectivity index (χ2n) is 4.42. The third-order valence-corrected chi connectivity index (χ3v) is 4.90. The molecule has 0 bridgehead atoms. The van der Waals surface area contributed by atoms with Gasteiger partial charge < -0.3 is 4.90 Å². The smallest absolute Gasteiger partial charge is 0.235 e. The van der Waals surface area contributed by atoms with Crippen LogP contribution in [0.15, 0.2) is 0 Å². The van der Waals surface area contributed by atoms with E-state index in [1.165, 1.54) is 6.42 Å². The Kier molecular flexibility index (Phi) is 4.21. The highest BCUT2D eigenvalue weighted by molar-refractivity contribution is 8.00. The summed E-state index contributed by atoms with van der Waals surface area (Å²) >= 11 is 7.56. The fraction of sp³-hybridized carbons (Fsp3) is 0.909. The Balaban J connectivity index is 1.81. The van der Waals surface area contributed by atoms with E-state index in [1.807, 2.05) is 11.8 Å². The molecule has 2 atom stereocenters. The number of hydrogen-bond acceptors (Lipinski definition) is 2. The molecule has 0 spiro atoms. The molecule has 2 aliphatic heterocycles. The van der Waals surface area contributed by atoms with Gasteiger partial charge in [0.15, 0.2) is 0 Å². The van der Waals surface area contributed by atoms with Gasteiger partial charge in [0, 0.05) is 19.0 Å². The van der Waals surface area contributed by atoms with Gasteiger partial charge in [-0.05, 0) is 37.4 Å². The van der Waals surface area contributed by atoms with Gasteiger partial charge in [-0.15, -0.1) is 23.4 Å². The van der Waals surface area contributed by atoms with Crippen LogP contribution >= 0.6 is 23.4 Å². The number of alkyl halides is 1. The van der Waals surface area contributed by atoms with Crippen LogP contribution in [0, 0.1) is 5.92 Å². The van der Waals surface area contributed by atoms with E-state index in [0.717, 1.165) is 44.0 Å². The highest BCUT2D eigenvalue weighted by Crippen LogP contribution is 2.30. The first-order valence-electron chi connectivity index (χ1n) is 5.77. The van der Waals surface area contributed by atoms with Crippen molar-refractivity contribution in [2.24, 2.45) is 5.92 Å². The molecule has 0 N–H and O–H groups in total. The fourth-order valence-electron chi connectivity index (χ4n) is 2.40. The van der Waals surface area contributed by atoms with Crippen molar-refractivity contribution in [1.82, 2.24) is 4.90 Å². The summed E-state index contributed by atoms with van der Waals surface area (Å²) in [6.07, 6.45) is 4.50. The van der Waals surface area contributed by atoms with Crippen LogP contribution in [0.5, 0.6) is 0 Å². The predicted octanol–water partition coefficient (Wildman–Crippen LogP) is 2.36. The minimum Gasteiger partial charge on any atom is -0.341 e. The molecule has 2 rings (SSSR count). The molecular weight excluding hydrogens is 230 g/mol. The summed E-state index contributed by atoms with van der Waals surface area (Å²) in [6.45, 7) is 1.90. The van der Waals surface area contributed by atoms with Crippen molar-refractivity contribution in [3.63, 3.8) is 0 Å². The monoisotopic (exact) mass is 247 g/mol. The Bertz CT molecular complexity index is 231. The second kappa shape index (κ2) is 5.44. The summed E-state index contributed by atoms with van der Waals surface area (Å²) in [7, 11) is 0. The second-order valence-corrected chi connectivity index (χ2v) is 6.11. The first kappa shape index (κ1) is 11.6. The molecule has 0 saturated carbocycles. The quantitative estimate of drug-likeness (QED) is 0.714. The van der Waals surface area contributed by atoms with Crippen LogP contribution in [0.4, 0.5) is 0 Å². The molecule has 1 amide bonds. The van der Waals surface area contributed by atoms with Gasteiger partial charge in [-0.3, -0.25) is 4.79 Å². The number of nitrogens with zero attached hydrogens (tertiary/aromatic N) is 1. The van der Waals surface area contributed by atoms with Crippen LogP contribution in [0.25, 0.3) is 0 Å². The van der Waals surface area contributed by atoms with E-state index in [0.29, 0.717) is 11.8 Å². The molecule has 0 radical (unpaired) electrons. The normalized spacial score (nSPS) is 31.1. The van der Waals surface area contributed by atoms with Crippen LogP contribution < -0.4 is 0 Å². The number of thioether (sulfide) groups is 1. The zero-order valence-electron chi connectivity index (χ0n) is 8.95. The number of rotatable bonds is 3. The van der Waals surface area contributed by atoms with E-state index in [2.05, 4.69) is 4.90 Å². The number of likely N-dealkylation sites (tertiary alicyclic amines) is 1. The van der Waals surface area contributed by atoms with Gasteiger partial charge in [0.2, 0.25) is 5.91 Å². The van der Waals surface area contributed by atoms with E-state index in [9.17, 15) is 4.79 Å². The van der Waals surface area contributed by atoms with Gasteiger partial charge >= 0.3 is 0 Å². The van der Waals surface area contributed by atoms with Crippen molar-refractivity contribution >= 4 is 29.3 Å². The van der Waals surface area contributed by atoms with Crippen molar-refractivity contribution < 1.29 is 4.79 Å². The molecule has 2 fully saturated rings. The van der Waals surface area contributed by atoms with Crippen molar-refractivity contribution in [2.45, 2.75) is 30.9 Å². The van der Waals surface area contributed by atoms with Crippen molar-refractivity contribution in [3.05, 3.63) is 0 Å². The highest BCUT2D eigenvalue weighted by atomic mass is 35.5. The summed E-state index contributed by atoms with van der Waals surface area (Å²) in [4.78, 5) is 14.1. The number of amides is 1. The van der Waals surface area contributed by atoms with Gasteiger partial charge in [0.25, 0.3) is 0 Å². The van der Waals surface area contributed by atoms with Gasteiger partial charge in [-0.1, -0.05) is 0 Å². The van der Waals surface area contributed by atoms with Crippen molar-refractivity contribution in [3.8, 4) is 0 Å². The summed E-state index contributed by atoms with van der Waals surface area (Å²) in [5, 5.41) is 0.264. The average molecular weight is 248 g/mol. The van der Waals surface area contributed by atoms with E-state index in [-0.39, 0.29) is 5.25 Å². The van der Waals surface area contributed by atoms with Crippen LogP contribution in [0.1, 0.15) is 25.7 Å². The third-order valence-electron chi connectivity index (χ3n) is 3.32. The lowest BCUT2D eigenvalue weighted by molar-refractivity contribution is -0.129. The summed E-state index contributed by atoms with van der Waals surface area (Å²) < 4.78 is 0. The number of halogens is 1. The maximum absolute atomic E-state index is 12.1. The first-order chi connectivity index (χ1) is 7.31. The molecule has 2 nitrogen and oxygen atoms in total. The van der Waals surface area contributed by atoms with Gasteiger partial charge in [-0.2, -0.15) is 0 Å². The lowest BCUT2D eigenvalue weighted by atomic mass is 10.1. The van der Waals surface area contributed by atoms with Crippen molar-refractivity contribution in [2.75, 3.05) is 24.7 Å². The number of carbonyl (C=O) groups excluding carboxylic acids is 1. The molecule has 0 aromatic heterocycles. The lowest BCUT2D eigenvalue weighted by Gasteiger charge is -2.19. The maximum atomic E-state index is 12.1. The number of hydrogen-bond donors (Lipinski definition) is 0. The molecule has 0 aromatic rings. The Morgan fingerprint density at radius 2 is 2.33 bits per heavy atom. The topological polar surface area (TPSA) is 20.3 Å². The molecule has 4 heteroatoms. The number of carbonyl (C=O) groups is 1. The standard InChI is InChI=1S/C11H18ClNOS/c12-5-3-9-4-6-13(8-9)11(14)10-2-1-7-15-10/h9-10H,1-8H2. The minimum absolute atomic E-state index is 0.264. The Morgan fingerprint density at radius 3 is 3.00 bits per heavy atom. The Morgan fingerprint density at radius 1 is 1.47 bits per heavy atom. The minimum atomic E-state index is 0.264. The molecule has 2 unspecified atom stereocenters. The molecule has 0 aromatic carbocycles. The van der Waals surface area contributed by atoms with Crippen LogP contribution in [0.2, 0.25) is 0 Å². The Labute approximate surface area is 101 Å². The van der Waals surface area contributed by atoms with E-state index in [1.54, 1.807) is 0 Å². The molecule has 15 heavy (non-hydrogen) atoms. The van der Waals surface area contributed by atoms with Gasteiger partial charge in [-0.25, -0.2) is 0 Å².